The lowest BCUT2D eigenvalue weighted by atomic mass is 9.69. The van der Waals surface area contributed by atoms with Gasteiger partial charge in [-0.1, -0.05) is 52.2 Å². The Balaban J connectivity index is 1.84. The van der Waals surface area contributed by atoms with Gasteiger partial charge in [0.2, 0.25) is 5.78 Å². The number of carbonyl (C=O) groups is 1. The maximum absolute atomic E-state index is 12.5. The molecule has 1 N–H and O–H groups in total. The summed E-state index contributed by atoms with van der Waals surface area (Å²) < 4.78 is 0. The Morgan fingerprint density at radius 1 is 1.18 bits per heavy atom. The number of nitrogens with zero attached hydrogens (tertiary/aromatic N) is 3. The third kappa shape index (κ3) is 3.65. The van der Waals surface area contributed by atoms with E-state index in [0.29, 0.717) is 5.57 Å². The molecule has 0 amide bonds. The fourth-order valence-electron chi connectivity index (χ4n) is 5.12. The van der Waals surface area contributed by atoms with E-state index >= 15 is 0 Å². The highest BCUT2D eigenvalue weighted by Gasteiger charge is 2.53. The molecule has 2 aliphatic rings. The second kappa shape index (κ2) is 8.89. The summed E-state index contributed by atoms with van der Waals surface area (Å²) in [5, 5.41) is 31.6. The first kappa shape index (κ1) is 22.8. The van der Waals surface area contributed by atoms with Crippen LogP contribution in [0.4, 0.5) is 5.69 Å². The minimum atomic E-state index is -0.611. The van der Waals surface area contributed by atoms with E-state index in [1.165, 1.54) is 4.88 Å². The number of rotatable bonds is 7. The fraction of sp³-hybridized carbons (Fsp3) is 0.370. The van der Waals surface area contributed by atoms with Crippen LogP contribution in [0.2, 0.25) is 0 Å². The molecule has 6 heteroatoms. The van der Waals surface area contributed by atoms with Crippen LogP contribution in [0.15, 0.2) is 58.2 Å². The Bertz CT molecular complexity index is 1220. The van der Waals surface area contributed by atoms with Crippen LogP contribution in [0.25, 0.3) is 10.4 Å². The molecule has 1 aromatic carbocycles. The lowest BCUT2D eigenvalue weighted by Crippen LogP contribution is -2.48. The van der Waals surface area contributed by atoms with Gasteiger partial charge in [-0.05, 0) is 41.1 Å². The summed E-state index contributed by atoms with van der Waals surface area (Å²) in [6.45, 7) is 7.17. The number of aliphatic hydroxyl groups excluding tert-OH is 1. The van der Waals surface area contributed by atoms with E-state index in [1.54, 1.807) is 11.3 Å². The van der Waals surface area contributed by atoms with Crippen molar-refractivity contribution < 1.29 is 9.90 Å². The Labute approximate surface area is 198 Å². The molecular weight excluding hydrogens is 430 g/mol. The van der Waals surface area contributed by atoms with Crippen molar-refractivity contribution in [3.63, 3.8) is 0 Å². The molecule has 1 atom stereocenters. The maximum Gasteiger partial charge on any atom is 0.230 e. The predicted octanol–water partition coefficient (Wildman–Crippen LogP) is 6.20. The summed E-state index contributed by atoms with van der Waals surface area (Å²) in [4.78, 5) is 15.9. The zero-order chi connectivity index (χ0) is 23.8. The normalized spacial score (nSPS) is 18.6. The lowest BCUT2D eigenvalue weighted by Gasteiger charge is -2.40. The lowest BCUT2D eigenvalue weighted by molar-refractivity contribution is -0.116. The smallest absolute Gasteiger partial charge is 0.230 e. The van der Waals surface area contributed by atoms with Gasteiger partial charge in [0.05, 0.1) is 11.6 Å². The van der Waals surface area contributed by atoms with Crippen LogP contribution in [-0.4, -0.2) is 23.5 Å². The average Bonchev–Trinajstić information content (AvgIpc) is 3.42. The Morgan fingerprint density at radius 2 is 1.94 bits per heavy atom. The van der Waals surface area contributed by atoms with Crippen LogP contribution in [0.1, 0.15) is 52.0 Å². The number of benzene rings is 1. The standard InChI is InChI=1S/C27H27N3O2S/c1-4-5-6-7-12-30-20-11-10-17(21-9-8-13-33-21)14-19(20)27(2,3)26(30)23-22(18(15-28)16-29)24(31)25(23)32/h8-11,13-14,26,32H,4-7,12H2,1-3H3. The first-order valence-corrected chi connectivity index (χ1v) is 12.2. The molecule has 33 heavy (non-hydrogen) atoms. The number of aliphatic hydroxyl groups is 1. The molecule has 0 spiro atoms. The Hall–Kier alpha value is -3.35. The molecule has 0 radical (unpaired) electrons. The van der Waals surface area contributed by atoms with Gasteiger partial charge < -0.3 is 10.0 Å². The van der Waals surface area contributed by atoms with Crippen molar-refractivity contribution in [1.82, 2.24) is 0 Å². The van der Waals surface area contributed by atoms with Crippen LogP contribution in [-0.2, 0) is 10.2 Å². The predicted molar refractivity (Wildman–Crippen MR) is 131 cm³/mol. The first-order chi connectivity index (χ1) is 15.9. The number of unbranched alkanes of at least 4 members (excludes halogenated alkanes) is 3. The van der Waals surface area contributed by atoms with Gasteiger partial charge in [-0.25, -0.2) is 0 Å². The van der Waals surface area contributed by atoms with Gasteiger partial charge in [-0.15, -0.1) is 11.3 Å². The molecule has 1 aliphatic carbocycles. The second-order valence-corrected chi connectivity index (χ2v) is 10.1. The molecule has 0 saturated carbocycles. The molecule has 1 aliphatic heterocycles. The highest BCUT2D eigenvalue weighted by molar-refractivity contribution is 7.13. The molecule has 168 valence electrons. The van der Waals surface area contributed by atoms with Gasteiger partial charge in [0.25, 0.3) is 0 Å². The van der Waals surface area contributed by atoms with E-state index in [9.17, 15) is 20.4 Å². The summed E-state index contributed by atoms with van der Waals surface area (Å²) >= 11 is 1.69. The second-order valence-electron chi connectivity index (χ2n) is 9.15. The van der Waals surface area contributed by atoms with Crippen molar-refractivity contribution in [3.05, 3.63) is 63.8 Å². The molecule has 0 fully saturated rings. The quantitative estimate of drug-likeness (QED) is 0.304. The van der Waals surface area contributed by atoms with Crippen molar-refractivity contribution in [2.45, 2.75) is 57.9 Å². The van der Waals surface area contributed by atoms with Gasteiger partial charge >= 0.3 is 0 Å². The summed E-state index contributed by atoms with van der Waals surface area (Å²) in [7, 11) is 0. The minimum Gasteiger partial charge on any atom is -0.504 e. The number of hydrogen-bond donors (Lipinski definition) is 1. The Morgan fingerprint density at radius 3 is 2.58 bits per heavy atom. The Kier molecular flexibility index (Phi) is 6.15. The molecule has 0 bridgehead atoms. The molecule has 4 rings (SSSR count). The average molecular weight is 458 g/mol. The maximum atomic E-state index is 12.5. The molecule has 2 aromatic rings. The number of fused-ring (bicyclic) bond motifs is 1. The summed E-state index contributed by atoms with van der Waals surface area (Å²) in [5.74, 6) is -0.934. The van der Waals surface area contributed by atoms with Gasteiger partial charge in [0, 0.05) is 28.1 Å². The largest absolute Gasteiger partial charge is 0.504 e. The number of nitriles is 2. The minimum absolute atomic E-state index is 0.0698. The monoisotopic (exact) mass is 457 g/mol. The van der Waals surface area contributed by atoms with E-state index in [1.807, 2.05) is 18.2 Å². The highest BCUT2D eigenvalue weighted by atomic mass is 32.1. The van der Waals surface area contributed by atoms with Gasteiger partial charge in [-0.3, -0.25) is 4.79 Å². The number of ketones is 1. The number of Topliss-reactive ketones (excluding diaryl/α,β-unsaturated/α-hetero) is 1. The van der Waals surface area contributed by atoms with Crippen LogP contribution in [0.3, 0.4) is 0 Å². The number of allylic oxidation sites excluding steroid dienone is 2. The van der Waals surface area contributed by atoms with Crippen LogP contribution < -0.4 is 4.90 Å². The summed E-state index contributed by atoms with van der Waals surface area (Å²) in [6, 6.07) is 13.9. The summed E-state index contributed by atoms with van der Waals surface area (Å²) in [5.41, 5.74) is 3.17. The zero-order valence-corrected chi connectivity index (χ0v) is 20.0. The van der Waals surface area contributed by atoms with Gasteiger partial charge in [0.1, 0.15) is 17.7 Å². The van der Waals surface area contributed by atoms with E-state index in [0.717, 1.165) is 49.0 Å². The van der Waals surface area contributed by atoms with E-state index < -0.39 is 11.2 Å². The molecule has 1 unspecified atom stereocenters. The first-order valence-electron chi connectivity index (χ1n) is 11.3. The van der Waals surface area contributed by atoms with Crippen molar-refractivity contribution in [1.29, 1.82) is 10.5 Å². The number of carbonyl (C=O) groups excluding carboxylic acids is 1. The highest BCUT2D eigenvalue weighted by Crippen LogP contribution is 2.53. The van der Waals surface area contributed by atoms with Crippen LogP contribution in [0.5, 0.6) is 0 Å². The summed E-state index contributed by atoms with van der Waals surface area (Å²) in [6.07, 6.45) is 4.36. The van der Waals surface area contributed by atoms with Crippen LogP contribution >= 0.6 is 11.3 Å². The van der Waals surface area contributed by atoms with Crippen LogP contribution in [0, 0.1) is 22.7 Å². The number of anilines is 1. The van der Waals surface area contributed by atoms with E-state index in [-0.39, 0.29) is 22.9 Å². The SMILES string of the molecule is CCCCCCN1c2ccc(-c3cccs3)cc2C(C)(C)C1C1=C(O)C(=O)C1=C(C#N)C#N. The van der Waals surface area contributed by atoms with Gasteiger partial charge in [0.15, 0.2) is 5.76 Å². The van der Waals surface area contributed by atoms with E-state index in [2.05, 4.69) is 55.3 Å². The zero-order valence-electron chi connectivity index (χ0n) is 19.2. The van der Waals surface area contributed by atoms with Crippen molar-refractivity contribution in [3.8, 4) is 22.6 Å². The van der Waals surface area contributed by atoms with Crippen molar-refractivity contribution >= 4 is 22.8 Å². The topological polar surface area (TPSA) is 88.1 Å². The number of hydrogen-bond acceptors (Lipinski definition) is 6. The molecule has 1 aromatic heterocycles. The molecule has 2 heterocycles. The number of thiophene rings is 1. The molecule has 0 saturated heterocycles. The molecule has 5 nitrogen and oxygen atoms in total. The van der Waals surface area contributed by atoms with Crippen molar-refractivity contribution in [2.24, 2.45) is 0 Å². The van der Waals surface area contributed by atoms with Crippen molar-refractivity contribution in [2.75, 3.05) is 11.4 Å². The third-order valence-electron chi connectivity index (χ3n) is 6.77. The van der Waals surface area contributed by atoms with E-state index in [4.69, 9.17) is 0 Å². The fourth-order valence-corrected chi connectivity index (χ4v) is 5.84. The third-order valence-corrected chi connectivity index (χ3v) is 7.69. The molecular formula is C27H27N3O2S. The van der Waals surface area contributed by atoms with Gasteiger partial charge in [-0.2, -0.15) is 10.5 Å².